The summed E-state index contributed by atoms with van der Waals surface area (Å²) in [6.07, 6.45) is -0.0870. The Hall–Kier alpha value is -2.26. The summed E-state index contributed by atoms with van der Waals surface area (Å²) in [5.41, 5.74) is 0.418. The van der Waals surface area contributed by atoms with Crippen LogP contribution in [0.3, 0.4) is 0 Å². The molecular weight excluding hydrogens is 358 g/mol. The van der Waals surface area contributed by atoms with Crippen LogP contribution in [-0.2, 0) is 19.6 Å². The first-order valence-electron chi connectivity index (χ1n) is 8.36. The number of nitrogens with one attached hydrogen (secondary N) is 2. The first-order chi connectivity index (χ1) is 12.2. The number of amides is 2. The number of ketones is 1. The Morgan fingerprint density at radius 1 is 1.04 bits per heavy atom. The van der Waals surface area contributed by atoms with E-state index in [1.54, 1.807) is 4.90 Å². The van der Waals surface area contributed by atoms with Crippen LogP contribution in [0.25, 0.3) is 0 Å². The highest BCUT2D eigenvalue weighted by Gasteiger charge is 2.15. The molecule has 0 aliphatic heterocycles. The zero-order valence-electron chi connectivity index (χ0n) is 15.2. The molecule has 9 heteroatoms. The van der Waals surface area contributed by atoms with Crippen molar-refractivity contribution >= 4 is 27.6 Å². The minimum Gasteiger partial charge on any atom is -0.347 e. The number of benzene rings is 1. The fourth-order valence-electron chi connectivity index (χ4n) is 2.20. The Balaban J connectivity index is 2.47. The van der Waals surface area contributed by atoms with Crippen molar-refractivity contribution in [2.45, 2.75) is 32.1 Å². The Morgan fingerprint density at radius 2 is 1.62 bits per heavy atom. The molecule has 0 atom stereocenters. The molecule has 144 valence electrons. The summed E-state index contributed by atoms with van der Waals surface area (Å²) < 4.78 is 26.6. The first kappa shape index (κ1) is 21.8. The molecule has 0 radical (unpaired) electrons. The van der Waals surface area contributed by atoms with Crippen molar-refractivity contribution in [1.29, 1.82) is 0 Å². The van der Waals surface area contributed by atoms with Crippen LogP contribution in [0.15, 0.2) is 29.2 Å². The molecule has 0 spiro atoms. The molecule has 0 aromatic heterocycles. The average Bonchev–Trinajstić information content (AvgIpc) is 2.61. The van der Waals surface area contributed by atoms with Crippen molar-refractivity contribution in [3.63, 3.8) is 0 Å². The number of nitrogens with zero attached hydrogens (tertiary/aromatic N) is 1. The van der Waals surface area contributed by atoms with E-state index in [9.17, 15) is 22.8 Å². The summed E-state index contributed by atoms with van der Waals surface area (Å²) in [4.78, 5) is 36.3. The van der Waals surface area contributed by atoms with Gasteiger partial charge in [-0.15, -0.1) is 0 Å². The number of carbonyl (C=O) groups is 3. The maximum atomic E-state index is 12.1. The highest BCUT2D eigenvalue weighted by molar-refractivity contribution is 7.89. The van der Waals surface area contributed by atoms with Gasteiger partial charge in [-0.05, 0) is 32.9 Å². The number of rotatable bonds is 10. The van der Waals surface area contributed by atoms with E-state index in [-0.39, 0.29) is 36.1 Å². The van der Waals surface area contributed by atoms with Gasteiger partial charge in [0.15, 0.2) is 5.78 Å². The lowest BCUT2D eigenvalue weighted by molar-refractivity contribution is -0.132. The lowest BCUT2D eigenvalue weighted by Gasteiger charge is -2.18. The zero-order valence-corrected chi connectivity index (χ0v) is 16.1. The first-order valence-corrected chi connectivity index (χ1v) is 9.84. The van der Waals surface area contributed by atoms with Gasteiger partial charge in [-0.1, -0.05) is 12.1 Å². The SMILES string of the molecule is CCN(CC)C(=O)CNC(=O)CCNS(=O)(=O)c1ccc(C(C)=O)cc1. The van der Waals surface area contributed by atoms with Gasteiger partial charge in [-0.2, -0.15) is 0 Å². The largest absolute Gasteiger partial charge is 0.347 e. The second-order valence-electron chi connectivity index (χ2n) is 5.57. The van der Waals surface area contributed by atoms with Crippen molar-refractivity contribution in [2.75, 3.05) is 26.2 Å². The van der Waals surface area contributed by atoms with E-state index >= 15 is 0 Å². The molecule has 26 heavy (non-hydrogen) atoms. The van der Waals surface area contributed by atoms with Gasteiger partial charge in [0.25, 0.3) is 0 Å². The average molecular weight is 383 g/mol. The molecule has 0 fully saturated rings. The molecule has 0 bridgehead atoms. The van der Waals surface area contributed by atoms with Crippen molar-refractivity contribution in [3.05, 3.63) is 29.8 Å². The van der Waals surface area contributed by atoms with Crippen LogP contribution in [0, 0.1) is 0 Å². The van der Waals surface area contributed by atoms with Gasteiger partial charge in [0.05, 0.1) is 11.4 Å². The zero-order chi connectivity index (χ0) is 19.7. The molecule has 0 aliphatic rings. The standard InChI is InChI=1S/C17H25N3O5S/c1-4-20(5-2)17(23)12-18-16(22)10-11-19-26(24,25)15-8-6-14(7-9-15)13(3)21/h6-9,19H,4-5,10-12H2,1-3H3,(H,18,22). The van der Waals surface area contributed by atoms with Crippen LogP contribution in [0.5, 0.6) is 0 Å². The van der Waals surface area contributed by atoms with Gasteiger partial charge in [-0.25, -0.2) is 13.1 Å². The van der Waals surface area contributed by atoms with Crippen LogP contribution in [0.4, 0.5) is 0 Å². The third-order valence-corrected chi connectivity index (χ3v) is 5.25. The van der Waals surface area contributed by atoms with E-state index in [2.05, 4.69) is 10.0 Å². The number of hydrogen-bond acceptors (Lipinski definition) is 5. The van der Waals surface area contributed by atoms with Crippen LogP contribution < -0.4 is 10.0 Å². The topological polar surface area (TPSA) is 113 Å². The highest BCUT2D eigenvalue weighted by atomic mass is 32.2. The number of Topliss-reactive ketones (excluding diaryl/α,β-unsaturated/α-hetero) is 1. The third kappa shape index (κ3) is 6.57. The third-order valence-electron chi connectivity index (χ3n) is 3.77. The molecule has 8 nitrogen and oxygen atoms in total. The number of sulfonamides is 1. The molecule has 0 heterocycles. The molecule has 0 aliphatic carbocycles. The van der Waals surface area contributed by atoms with Crippen molar-refractivity contribution in [2.24, 2.45) is 0 Å². The van der Waals surface area contributed by atoms with E-state index in [0.29, 0.717) is 18.7 Å². The van der Waals surface area contributed by atoms with Gasteiger partial charge in [0, 0.05) is 31.6 Å². The van der Waals surface area contributed by atoms with Gasteiger partial charge in [0.2, 0.25) is 21.8 Å². The summed E-state index contributed by atoms with van der Waals surface area (Å²) in [5, 5.41) is 2.48. The minimum atomic E-state index is -3.77. The van der Waals surface area contributed by atoms with Crippen LogP contribution in [-0.4, -0.2) is 57.1 Å². The van der Waals surface area contributed by atoms with Gasteiger partial charge in [-0.3, -0.25) is 14.4 Å². The molecule has 0 unspecified atom stereocenters. The van der Waals surface area contributed by atoms with Gasteiger partial charge < -0.3 is 10.2 Å². The summed E-state index contributed by atoms with van der Waals surface area (Å²) >= 11 is 0. The van der Waals surface area contributed by atoms with E-state index in [0.717, 1.165) is 0 Å². The molecule has 2 amide bonds. The van der Waals surface area contributed by atoms with Crippen LogP contribution in [0.1, 0.15) is 37.6 Å². The normalized spacial score (nSPS) is 11.0. The Bertz CT molecular complexity index is 740. The Labute approximate surface area is 154 Å². The Morgan fingerprint density at radius 3 is 2.12 bits per heavy atom. The minimum absolute atomic E-state index is 0.0135. The lowest BCUT2D eigenvalue weighted by atomic mass is 10.2. The molecule has 1 rings (SSSR count). The molecule has 2 N–H and O–H groups in total. The predicted octanol–water partition coefficient (Wildman–Crippen LogP) is 0.542. The van der Waals surface area contributed by atoms with E-state index in [4.69, 9.17) is 0 Å². The summed E-state index contributed by atoms with van der Waals surface area (Å²) in [7, 11) is -3.77. The van der Waals surface area contributed by atoms with Crippen molar-refractivity contribution < 1.29 is 22.8 Å². The van der Waals surface area contributed by atoms with E-state index < -0.39 is 15.9 Å². The molecule has 0 saturated heterocycles. The fourth-order valence-corrected chi connectivity index (χ4v) is 3.23. The summed E-state index contributed by atoms with van der Waals surface area (Å²) in [6, 6.07) is 5.54. The molecular formula is C17H25N3O5S. The smallest absolute Gasteiger partial charge is 0.241 e. The molecule has 1 aromatic carbocycles. The quantitative estimate of drug-likeness (QED) is 0.573. The molecule has 0 saturated carbocycles. The number of likely N-dealkylation sites (N-methyl/N-ethyl adjacent to an activating group) is 1. The number of carbonyl (C=O) groups excluding carboxylic acids is 3. The van der Waals surface area contributed by atoms with E-state index in [1.807, 2.05) is 13.8 Å². The second kappa shape index (κ2) is 10.0. The van der Waals surface area contributed by atoms with Crippen molar-refractivity contribution in [3.8, 4) is 0 Å². The molecule has 1 aromatic rings. The highest BCUT2D eigenvalue weighted by Crippen LogP contribution is 2.10. The van der Waals surface area contributed by atoms with Gasteiger partial charge >= 0.3 is 0 Å². The maximum absolute atomic E-state index is 12.1. The number of hydrogen-bond donors (Lipinski definition) is 2. The predicted molar refractivity (Wildman–Crippen MR) is 97.2 cm³/mol. The van der Waals surface area contributed by atoms with Crippen LogP contribution in [0.2, 0.25) is 0 Å². The summed E-state index contributed by atoms with van der Waals surface area (Å²) in [6.45, 7) is 6.01. The van der Waals surface area contributed by atoms with Crippen molar-refractivity contribution in [1.82, 2.24) is 14.9 Å². The van der Waals surface area contributed by atoms with Crippen LogP contribution >= 0.6 is 0 Å². The van der Waals surface area contributed by atoms with Gasteiger partial charge in [0.1, 0.15) is 0 Å². The van der Waals surface area contributed by atoms with E-state index in [1.165, 1.54) is 31.2 Å². The fraction of sp³-hybridized carbons (Fsp3) is 0.471. The second-order valence-corrected chi connectivity index (χ2v) is 7.34. The summed E-state index contributed by atoms with van der Waals surface area (Å²) in [5.74, 6) is -0.757. The maximum Gasteiger partial charge on any atom is 0.241 e. The monoisotopic (exact) mass is 383 g/mol. The Kier molecular flexibility index (Phi) is 8.40. The lowest BCUT2D eigenvalue weighted by Crippen LogP contribution is -2.40.